The highest BCUT2D eigenvalue weighted by atomic mass is 79.9. The fraction of sp³-hybridized carbons (Fsp3) is 0.273. The average Bonchev–Trinajstić information content (AvgIpc) is 3.06. The Kier molecular flexibility index (Phi) is 6.52. The molecule has 0 radical (unpaired) electrons. The third kappa shape index (κ3) is 4.81. The van der Waals surface area contributed by atoms with E-state index in [1.54, 1.807) is 0 Å². The number of nitrogens with one attached hydrogen (secondary N) is 1. The van der Waals surface area contributed by atoms with Crippen LogP contribution in [0.15, 0.2) is 53.1 Å². The number of aryl methyl sites for hydroxylation is 3. The third-order valence-electron chi connectivity index (χ3n) is 4.54. The van der Waals surface area contributed by atoms with Gasteiger partial charge in [-0.25, -0.2) is 0 Å². The van der Waals surface area contributed by atoms with Crippen molar-refractivity contribution >= 4 is 21.8 Å². The highest BCUT2D eigenvalue weighted by molar-refractivity contribution is 9.10. The van der Waals surface area contributed by atoms with Gasteiger partial charge in [0.25, 0.3) is 5.91 Å². The van der Waals surface area contributed by atoms with E-state index in [4.69, 9.17) is 4.74 Å². The molecule has 3 aromatic rings. The van der Waals surface area contributed by atoms with Crippen molar-refractivity contribution in [1.29, 1.82) is 0 Å². The lowest BCUT2D eigenvalue weighted by Gasteiger charge is -2.12. The maximum Gasteiger partial charge on any atom is 0.251 e. The Balaban J connectivity index is 1.57. The molecule has 0 bridgehead atoms. The fourth-order valence-electron chi connectivity index (χ4n) is 2.92. The van der Waals surface area contributed by atoms with Gasteiger partial charge in [-0.2, -0.15) is 5.10 Å². The Labute approximate surface area is 173 Å². The van der Waals surface area contributed by atoms with Crippen LogP contribution in [0.4, 0.5) is 0 Å². The Morgan fingerprint density at radius 2 is 1.82 bits per heavy atom. The van der Waals surface area contributed by atoms with Crippen LogP contribution in [0, 0.1) is 13.8 Å². The number of hydrogen-bond acceptors (Lipinski definition) is 3. The second kappa shape index (κ2) is 9.06. The van der Waals surface area contributed by atoms with Gasteiger partial charge < -0.3 is 10.1 Å². The minimum atomic E-state index is -0.125. The largest absolute Gasteiger partial charge is 0.488 e. The van der Waals surface area contributed by atoms with Crippen molar-refractivity contribution in [3.05, 3.63) is 81.1 Å². The maximum atomic E-state index is 12.4. The van der Waals surface area contributed by atoms with Crippen LogP contribution in [0.25, 0.3) is 0 Å². The highest BCUT2D eigenvalue weighted by Crippen LogP contribution is 2.23. The van der Waals surface area contributed by atoms with Crippen molar-refractivity contribution in [3.63, 3.8) is 0 Å². The number of amides is 1. The minimum Gasteiger partial charge on any atom is -0.488 e. The molecule has 1 heterocycles. The summed E-state index contributed by atoms with van der Waals surface area (Å²) in [7, 11) is 0. The summed E-state index contributed by atoms with van der Waals surface area (Å²) >= 11 is 3.47. The zero-order chi connectivity index (χ0) is 20.1. The van der Waals surface area contributed by atoms with E-state index in [1.807, 2.05) is 74.1 Å². The van der Waals surface area contributed by atoms with Crippen LogP contribution >= 0.6 is 15.9 Å². The first kappa shape index (κ1) is 20.1. The van der Waals surface area contributed by atoms with Crippen LogP contribution in [-0.2, 0) is 19.7 Å². The van der Waals surface area contributed by atoms with Gasteiger partial charge in [-0.15, -0.1) is 0 Å². The summed E-state index contributed by atoms with van der Waals surface area (Å²) in [5.74, 6) is 0.793. The Hall–Kier alpha value is -2.60. The molecule has 0 saturated carbocycles. The number of carbonyl (C=O) groups is 1. The minimum absolute atomic E-state index is 0.125. The number of nitrogens with zero attached hydrogens (tertiary/aromatic N) is 2. The van der Waals surface area contributed by atoms with Gasteiger partial charge in [0.05, 0.1) is 16.7 Å². The van der Waals surface area contributed by atoms with Gasteiger partial charge in [-0.3, -0.25) is 9.48 Å². The van der Waals surface area contributed by atoms with Gasteiger partial charge in [0.1, 0.15) is 12.4 Å². The average molecular weight is 442 g/mol. The van der Waals surface area contributed by atoms with Crippen LogP contribution in [-0.4, -0.2) is 15.7 Å². The summed E-state index contributed by atoms with van der Waals surface area (Å²) in [5.41, 5.74) is 4.68. The van der Waals surface area contributed by atoms with Gasteiger partial charge in [0.2, 0.25) is 0 Å². The summed E-state index contributed by atoms with van der Waals surface area (Å²) in [6.45, 7) is 7.74. The van der Waals surface area contributed by atoms with Gasteiger partial charge in [-0.05, 0) is 65.5 Å². The molecule has 5 nitrogen and oxygen atoms in total. The van der Waals surface area contributed by atoms with Crippen molar-refractivity contribution in [3.8, 4) is 5.75 Å². The number of halogens is 1. The van der Waals surface area contributed by atoms with Gasteiger partial charge in [0.15, 0.2) is 0 Å². The lowest BCUT2D eigenvalue weighted by Crippen LogP contribution is -2.23. The normalized spacial score (nSPS) is 10.7. The summed E-state index contributed by atoms with van der Waals surface area (Å²) < 4.78 is 8.70. The monoisotopic (exact) mass is 441 g/mol. The lowest BCUT2D eigenvalue weighted by molar-refractivity contribution is 0.0950. The number of aromatic nitrogens is 2. The predicted molar refractivity (Wildman–Crippen MR) is 113 cm³/mol. The Morgan fingerprint density at radius 1 is 1.14 bits per heavy atom. The number of ether oxygens (including phenoxy) is 1. The molecule has 6 heteroatoms. The number of benzene rings is 2. The molecule has 0 unspecified atom stereocenters. The van der Waals surface area contributed by atoms with E-state index in [0.717, 1.165) is 39.2 Å². The number of para-hydroxylation sites is 1. The third-order valence-corrected chi connectivity index (χ3v) is 5.20. The molecule has 0 aliphatic heterocycles. The molecule has 0 aliphatic carbocycles. The molecule has 0 fully saturated rings. The zero-order valence-electron chi connectivity index (χ0n) is 16.3. The van der Waals surface area contributed by atoms with E-state index in [-0.39, 0.29) is 5.91 Å². The molecule has 0 spiro atoms. The summed E-state index contributed by atoms with van der Waals surface area (Å²) in [4.78, 5) is 12.4. The van der Waals surface area contributed by atoms with Crippen LogP contribution in [0.1, 0.15) is 39.7 Å². The molecule has 0 atom stereocenters. The van der Waals surface area contributed by atoms with Crippen molar-refractivity contribution in [1.82, 2.24) is 15.1 Å². The molecule has 0 aliphatic rings. The van der Waals surface area contributed by atoms with Crippen molar-refractivity contribution in [2.24, 2.45) is 0 Å². The van der Waals surface area contributed by atoms with E-state index in [2.05, 4.69) is 26.3 Å². The van der Waals surface area contributed by atoms with E-state index in [0.29, 0.717) is 18.7 Å². The summed E-state index contributed by atoms with van der Waals surface area (Å²) in [6.07, 6.45) is 1.91. The standard InChI is InChI=1S/C22H24BrN3O2/c1-4-26-13-19(23)20(25-26)12-24-22(27)18-10-8-17(9-11-18)14-28-21-15(2)6-5-7-16(21)3/h5-11,13H,4,12,14H2,1-3H3,(H,24,27). The molecule has 146 valence electrons. The number of carbonyl (C=O) groups excluding carboxylic acids is 1. The van der Waals surface area contributed by atoms with Crippen LogP contribution in [0.5, 0.6) is 5.75 Å². The molecule has 2 aromatic carbocycles. The Morgan fingerprint density at radius 3 is 2.43 bits per heavy atom. The molecule has 1 aromatic heterocycles. The first-order chi connectivity index (χ1) is 13.5. The molecule has 28 heavy (non-hydrogen) atoms. The first-order valence-electron chi connectivity index (χ1n) is 9.26. The van der Waals surface area contributed by atoms with E-state index in [1.165, 1.54) is 0 Å². The maximum absolute atomic E-state index is 12.4. The smallest absolute Gasteiger partial charge is 0.251 e. The molecule has 3 rings (SSSR count). The van der Waals surface area contributed by atoms with E-state index in [9.17, 15) is 4.79 Å². The lowest BCUT2D eigenvalue weighted by atomic mass is 10.1. The molecular formula is C22H24BrN3O2. The van der Waals surface area contributed by atoms with Crippen molar-refractivity contribution in [2.75, 3.05) is 0 Å². The predicted octanol–water partition coefficient (Wildman–Crippen LogP) is 4.79. The topological polar surface area (TPSA) is 56.2 Å². The van der Waals surface area contributed by atoms with Crippen LogP contribution < -0.4 is 10.1 Å². The van der Waals surface area contributed by atoms with Gasteiger partial charge >= 0.3 is 0 Å². The van der Waals surface area contributed by atoms with Crippen molar-refractivity contribution < 1.29 is 9.53 Å². The second-order valence-electron chi connectivity index (χ2n) is 6.67. The number of rotatable bonds is 7. The number of hydrogen-bond donors (Lipinski definition) is 1. The molecule has 1 N–H and O–H groups in total. The zero-order valence-corrected chi connectivity index (χ0v) is 17.9. The highest BCUT2D eigenvalue weighted by Gasteiger charge is 2.10. The summed E-state index contributed by atoms with van der Waals surface area (Å²) in [5, 5.41) is 7.32. The fourth-order valence-corrected chi connectivity index (χ4v) is 3.38. The first-order valence-corrected chi connectivity index (χ1v) is 10.0. The van der Waals surface area contributed by atoms with Crippen LogP contribution in [0.3, 0.4) is 0 Å². The molecule has 0 saturated heterocycles. The SMILES string of the molecule is CCn1cc(Br)c(CNC(=O)c2ccc(COc3c(C)cccc3C)cc2)n1. The molecule has 1 amide bonds. The quantitative estimate of drug-likeness (QED) is 0.573. The second-order valence-corrected chi connectivity index (χ2v) is 7.52. The summed E-state index contributed by atoms with van der Waals surface area (Å²) in [6, 6.07) is 13.6. The van der Waals surface area contributed by atoms with E-state index >= 15 is 0 Å². The Bertz CT molecular complexity index is 944. The van der Waals surface area contributed by atoms with E-state index < -0.39 is 0 Å². The molecular weight excluding hydrogens is 418 g/mol. The van der Waals surface area contributed by atoms with Crippen molar-refractivity contribution in [2.45, 2.75) is 40.5 Å². The van der Waals surface area contributed by atoms with Crippen LogP contribution in [0.2, 0.25) is 0 Å². The van der Waals surface area contributed by atoms with Gasteiger partial charge in [0, 0.05) is 18.3 Å². The van der Waals surface area contributed by atoms with Gasteiger partial charge in [-0.1, -0.05) is 30.3 Å².